The summed E-state index contributed by atoms with van der Waals surface area (Å²) in [5.74, 6) is 1.16. The molecule has 31 heavy (non-hydrogen) atoms. The van der Waals surface area contributed by atoms with E-state index in [9.17, 15) is 4.79 Å². The first-order valence-electron chi connectivity index (χ1n) is 10.8. The van der Waals surface area contributed by atoms with Crippen LogP contribution in [0.1, 0.15) is 53.2 Å². The maximum atomic E-state index is 13.5. The topological polar surface area (TPSA) is 64.8 Å². The summed E-state index contributed by atoms with van der Waals surface area (Å²) in [7, 11) is 1.61. The third kappa shape index (κ3) is 3.40. The van der Waals surface area contributed by atoms with E-state index in [1.807, 2.05) is 60.7 Å². The molecule has 2 aliphatic rings. The first kappa shape index (κ1) is 19.5. The van der Waals surface area contributed by atoms with Crippen LogP contribution >= 0.6 is 0 Å². The van der Waals surface area contributed by atoms with Gasteiger partial charge < -0.3 is 15.2 Å². The van der Waals surface area contributed by atoms with Crippen molar-refractivity contribution in [3.05, 3.63) is 83.4 Å². The van der Waals surface area contributed by atoms with E-state index in [2.05, 4.69) is 0 Å². The summed E-state index contributed by atoms with van der Waals surface area (Å²) in [5.41, 5.74) is 10.3. The van der Waals surface area contributed by atoms with Gasteiger partial charge in [-0.15, -0.1) is 0 Å². The summed E-state index contributed by atoms with van der Waals surface area (Å²) in [4.78, 5) is 15.3. The molecule has 3 aromatic rings. The van der Waals surface area contributed by atoms with Gasteiger partial charge in [-0.1, -0.05) is 48.5 Å². The quantitative estimate of drug-likeness (QED) is 0.572. The predicted molar refractivity (Wildman–Crippen MR) is 122 cm³/mol. The number of amides is 1. The van der Waals surface area contributed by atoms with Crippen molar-refractivity contribution in [1.82, 2.24) is 0 Å². The number of fused-ring (bicyclic) bond motifs is 1. The zero-order valence-electron chi connectivity index (χ0n) is 17.6. The molecule has 1 saturated carbocycles. The molecule has 158 valence electrons. The molecule has 1 atom stereocenters. The number of hydrogen-bond acceptors (Lipinski definition) is 4. The Morgan fingerprint density at radius 1 is 0.935 bits per heavy atom. The van der Waals surface area contributed by atoms with Gasteiger partial charge >= 0.3 is 0 Å². The molecule has 5 rings (SSSR count). The second-order valence-corrected chi connectivity index (χ2v) is 8.16. The Morgan fingerprint density at radius 3 is 2.39 bits per heavy atom. The third-order valence-electron chi connectivity index (χ3n) is 6.25. The Balaban J connectivity index is 1.63. The molecule has 5 heteroatoms. The molecular weight excluding hydrogens is 388 g/mol. The third-order valence-corrected chi connectivity index (χ3v) is 6.25. The van der Waals surface area contributed by atoms with E-state index in [4.69, 9.17) is 15.2 Å². The normalized spacial score (nSPS) is 18.3. The number of hydrogen-bond donors (Lipinski definition) is 1. The van der Waals surface area contributed by atoms with Gasteiger partial charge in [-0.2, -0.15) is 0 Å². The number of methoxy groups -OCH3 is 1. The number of nitrogen functional groups attached to an aromatic ring is 1. The molecule has 0 radical (unpaired) electrons. The van der Waals surface area contributed by atoms with Gasteiger partial charge in [0, 0.05) is 17.7 Å². The number of carbonyl (C=O) groups is 1. The Labute approximate surface area is 182 Å². The van der Waals surface area contributed by atoms with Crippen LogP contribution in [0.4, 0.5) is 11.4 Å². The van der Waals surface area contributed by atoms with Crippen LogP contribution in [0.2, 0.25) is 0 Å². The van der Waals surface area contributed by atoms with E-state index in [0.717, 1.165) is 24.0 Å². The highest BCUT2D eigenvalue weighted by Gasteiger charge is 2.39. The minimum atomic E-state index is -0.250. The van der Waals surface area contributed by atoms with Crippen molar-refractivity contribution in [2.45, 2.75) is 37.8 Å². The molecule has 1 fully saturated rings. The van der Waals surface area contributed by atoms with Crippen molar-refractivity contribution >= 4 is 17.3 Å². The molecule has 1 amide bonds. The maximum absolute atomic E-state index is 13.5. The van der Waals surface area contributed by atoms with Crippen molar-refractivity contribution in [1.29, 1.82) is 0 Å². The zero-order chi connectivity index (χ0) is 21.4. The van der Waals surface area contributed by atoms with Crippen LogP contribution in [0.3, 0.4) is 0 Å². The number of ether oxygens (including phenoxy) is 2. The molecule has 3 aromatic carbocycles. The van der Waals surface area contributed by atoms with Gasteiger partial charge in [0.25, 0.3) is 5.91 Å². The Hall–Kier alpha value is -3.47. The van der Waals surface area contributed by atoms with Gasteiger partial charge in [-0.05, 0) is 42.9 Å². The van der Waals surface area contributed by atoms with E-state index >= 15 is 0 Å². The van der Waals surface area contributed by atoms with E-state index in [-0.39, 0.29) is 18.1 Å². The highest BCUT2D eigenvalue weighted by Crippen LogP contribution is 2.46. The second-order valence-electron chi connectivity index (χ2n) is 8.16. The van der Waals surface area contributed by atoms with Crippen LogP contribution in [0, 0.1) is 0 Å². The van der Waals surface area contributed by atoms with Crippen LogP contribution in [-0.2, 0) is 0 Å². The van der Waals surface area contributed by atoms with E-state index in [1.165, 1.54) is 12.8 Å². The summed E-state index contributed by atoms with van der Waals surface area (Å²) in [6, 6.07) is 21.2. The lowest BCUT2D eigenvalue weighted by molar-refractivity contribution is 0.0993. The molecule has 0 saturated heterocycles. The summed E-state index contributed by atoms with van der Waals surface area (Å²) in [6.07, 6.45) is 4.57. The van der Waals surface area contributed by atoms with Crippen molar-refractivity contribution in [2.24, 2.45) is 0 Å². The van der Waals surface area contributed by atoms with Gasteiger partial charge in [-0.25, -0.2) is 0 Å². The summed E-state index contributed by atoms with van der Waals surface area (Å²) in [6.45, 7) is 0. The monoisotopic (exact) mass is 414 g/mol. The van der Waals surface area contributed by atoms with Crippen LogP contribution in [0.15, 0.2) is 66.7 Å². The second kappa shape index (κ2) is 7.99. The molecule has 0 aromatic heterocycles. The SMILES string of the molecule is COc1cc(N)c(N2C(=O)c3ccccc3C2c2ccccc2)cc1OC1CCCC1. The average molecular weight is 415 g/mol. The molecule has 1 aliphatic carbocycles. The first-order valence-corrected chi connectivity index (χ1v) is 10.8. The van der Waals surface area contributed by atoms with Gasteiger partial charge in [0.15, 0.2) is 11.5 Å². The van der Waals surface area contributed by atoms with E-state index < -0.39 is 0 Å². The average Bonchev–Trinajstić information content (AvgIpc) is 3.41. The van der Waals surface area contributed by atoms with Crippen LogP contribution in [0.25, 0.3) is 0 Å². The number of nitrogens with two attached hydrogens (primary N) is 1. The smallest absolute Gasteiger partial charge is 0.259 e. The van der Waals surface area contributed by atoms with Crippen molar-refractivity contribution in [2.75, 3.05) is 17.7 Å². The van der Waals surface area contributed by atoms with E-state index in [1.54, 1.807) is 18.1 Å². The number of benzene rings is 3. The van der Waals surface area contributed by atoms with Crippen molar-refractivity contribution in [3.8, 4) is 11.5 Å². The first-order chi connectivity index (χ1) is 15.2. The molecule has 1 heterocycles. The van der Waals surface area contributed by atoms with Gasteiger partial charge in [0.1, 0.15) is 0 Å². The number of carbonyl (C=O) groups excluding carboxylic acids is 1. The number of anilines is 2. The summed E-state index contributed by atoms with van der Waals surface area (Å²) < 4.78 is 11.8. The highest BCUT2D eigenvalue weighted by atomic mass is 16.5. The number of nitrogens with zero attached hydrogens (tertiary/aromatic N) is 1. The molecule has 0 spiro atoms. The molecule has 1 aliphatic heterocycles. The Morgan fingerprint density at radius 2 is 1.65 bits per heavy atom. The summed E-state index contributed by atoms with van der Waals surface area (Å²) in [5, 5.41) is 0. The lowest BCUT2D eigenvalue weighted by Crippen LogP contribution is -2.29. The molecule has 5 nitrogen and oxygen atoms in total. The minimum Gasteiger partial charge on any atom is -0.493 e. The molecule has 1 unspecified atom stereocenters. The minimum absolute atomic E-state index is 0.0619. The molecular formula is C26H26N2O3. The Kier molecular flexibility index (Phi) is 5.02. The fourth-order valence-corrected chi connectivity index (χ4v) is 4.74. The van der Waals surface area contributed by atoms with Crippen molar-refractivity contribution < 1.29 is 14.3 Å². The van der Waals surface area contributed by atoms with Crippen LogP contribution in [-0.4, -0.2) is 19.1 Å². The Bertz CT molecular complexity index is 1110. The van der Waals surface area contributed by atoms with Gasteiger partial charge in [-0.3, -0.25) is 9.69 Å². The maximum Gasteiger partial charge on any atom is 0.259 e. The fraction of sp³-hybridized carbons (Fsp3) is 0.269. The van der Waals surface area contributed by atoms with Gasteiger partial charge in [0.05, 0.1) is 30.6 Å². The molecule has 0 bridgehead atoms. The van der Waals surface area contributed by atoms with Crippen LogP contribution < -0.4 is 20.1 Å². The zero-order valence-corrected chi connectivity index (χ0v) is 17.6. The van der Waals surface area contributed by atoms with Gasteiger partial charge in [0.2, 0.25) is 0 Å². The number of rotatable bonds is 5. The highest BCUT2D eigenvalue weighted by molar-refractivity contribution is 6.13. The fourth-order valence-electron chi connectivity index (χ4n) is 4.74. The predicted octanol–water partition coefficient (Wildman–Crippen LogP) is 5.35. The van der Waals surface area contributed by atoms with Crippen molar-refractivity contribution in [3.63, 3.8) is 0 Å². The van der Waals surface area contributed by atoms with E-state index in [0.29, 0.717) is 28.4 Å². The largest absolute Gasteiger partial charge is 0.493 e. The lowest BCUT2D eigenvalue weighted by Gasteiger charge is -2.28. The van der Waals surface area contributed by atoms with Crippen LogP contribution in [0.5, 0.6) is 11.5 Å². The molecule has 2 N–H and O–H groups in total. The summed E-state index contributed by atoms with van der Waals surface area (Å²) >= 11 is 0. The standard InChI is InChI=1S/C26H26N2O3/c1-30-23-15-21(27)22(16-24(23)31-18-11-5-6-12-18)28-25(17-9-3-2-4-10-17)19-13-7-8-14-20(19)26(28)29/h2-4,7-10,13-16,18,25H,5-6,11-12,27H2,1H3. The lowest BCUT2D eigenvalue weighted by atomic mass is 9.97.